The van der Waals surface area contributed by atoms with Gasteiger partial charge < -0.3 is 9.11 Å². The van der Waals surface area contributed by atoms with Gasteiger partial charge in [0.25, 0.3) is 0 Å². The van der Waals surface area contributed by atoms with E-state index in [-0.39, 0.29) is 0 Å². The molecule has 0 unspecified atom stereocenters. The summed E-state index contributed by atoms with van der Waals surface area (Å²) in [5.74, 6) is 5.74. The molecule has 36 heavy (non-hydrogen) atoms. The van der Waals surface area contributed by atoms with Crippen LogP contribution in [-0.2, 0) is 42.0 Å². The topological polar surface area (TPSA) is 114 Å². The molecule has 1 fully saturated rings. The molecule has 0 aliphatic carbocycles. The van der Waals surface area contributed by atoms with Crippen LogP contribution in [0.1, 0.15) is 15.3 Å². The number of fused-ring (bicyclic) bond motifs is 2. The average Bonchev–Trinajstić information content (AvgIpc) is 3.18. The largest absolute Gasteiger partial charge is 0.741 e. The third-order valence-electron chi connectivity index (χ3n) is 4.50. The Hall–Kier alpha value is -1.24. The van der Waals surface area contributed by atoms with Gasteiger partial charge in [-0.2, -0.15) is 26.3 Å². The zero-order chi connectivity index (χ0) is 27.5. The Morgan fingerprint density at radius 3 is 1.44 bits per heavy atom. The van der Waals surface area contributed by atoms with Crippen LogP contribution in [0.15, 0.2) is 42.5 Å². The van der Waals surface area contributed by atoms with Crippen molar-refractivity contribution in [2.75, 3.05) is 23.0 Å². The van der Waals surface area contributed by atoms with Crippen LogP contribution < -0.4 is 0 Å². The number of benzene rings is 1. The second-order valence-corrected chi connectivity index (χ2v) is 15.5. The molecule has 0 atom stereocenters. The number of rotatable bonds is 2. The van der Waals surface area contributed by atoms with Crippen LogP contribution in [0, 0.1) is 6.92 Å². The van der Waals surface area contributed by atoms with Crippen LogP contribution in [0.2, 0.25) is 0 Å². The van der Waals surface area contributed by atoms with Crippen molar-refractivity contribution in [2.45, 2.75) is 17.9 Å². The average molecular weight is 617 g/mol. The van der Waals surface area contributed by atoms with Gasteiger partial charge in [0.2, 0.25) is 9.81 Å². The molecule has 2 bridgehead atoms. The van der Waals surface area contributed by atoms with Crippen molar-refractivity contribution in [3.63, 3.8) is 0 Å². The van der Waals surface area contributed by atoms with Gasteiger partial charge in [-0.25, -0.2) is 16.8 Å². The summed E-state index contributed by atoms with van der Waals surface area (Å²) in [4.78, 5) is 6.40. The van der Waals surface area contributed by atoms with Gasteiger partial charge in [0.15, 0.2) is 43.2 Å². The molecule has 1 saturated heterocycles. The van der Waals surface area contributed by atoms with E-state index in [0.29, 0.717) is 21.8 Å². The first kappa shape index (κ1) is 31.0. The van der Waals surface area contributed by atoms with Crippen LogP contribution in [0.5, 0.6) is 0 Å². The highest BCUT2D eigenvalue weighted by Crippen LogP contribution is 2.46. The minimum Gasteiger partial charge on any atom is -0.741 e. The quantitative estimate of drug-likeness (QED) is 0.216. The van der Waals surface area contributed by atoms with E-state index in [9.17, 15) is 26.3 Å². The monoisotopic (exact) mass is 616 g/mol. The summed E-state index contributed by atoms with van der Waals surface area (Å²) in [6.45, 7) is 2.23. The van der Waals surface area contributed by atoms with E-state index in [1.807, 2.05) is 11.3 Å². The second-order valence-electron chi connectivity index (χ2n) is 7.04. The highest BCUT2D eigenvalue weighted by atomic mass is 32.2. The molecule has 4 heterocycles. The standard InChI is InChI=1S/C17H18S3.2CHF3O3S/c1-13-7-8-15(18-13)17-16(14-5-3-2-4-6-14)19-9-11-20(17)12-10-19;2*2-1(3,4)8(5,6)7/h2-8H,9-12H2,1H3;2*(H,5,6,7)/q+2;;/p-2. The molecule has 17 heteroatoms. The first-order chi connectivity index (χ1) is 16.3. The van der Waals surface area contributed by atoms with Crippen molar-refractivity contribution in [1.29, 1.82) is 0 Å². The van der Waals surface area contributed by atoms with Crippen molar-refractivity contribution >= 4 is 63.2 Å². The molecule has 0 amide bonds. The molecule has 0 spiro atoms. The first-order valence-corrected chi connectivity index (χ1v) is 16.3. The Balaban J connectivity index is 0.000000239. The molecular weight excluding hydrogens is 599 g/mol. The van der Waals surface area contributed by atoms with Gasteiger partial charge in [-0.15, -0.1) is 11.3 Å². The summed E-state index contributed by atoms with van der Waals surface area (Å²) < 4.78 is 118. The highest BCUT2D eigenvalue weighted by Gasteiger charge is 2.51. The Morgan fingerprint density at radius 1 is 0.722 bits per heavy atom. The zero-order valence-electron chi connectivity index (χ0n) is 18.1. The zero-order valence-corrected chi connectivity index (χ0v) is 22.2. The van der Waals surface area contributed by atoms with Crippen molar-refractivity contribution in [2.24, 2.45) is 0 Å². The lowest BCUT2D eigenvalue weighted by molar-refractivity contribution is -0.0522. The maximum atomic E-state index is 10.7. The molecular formula is C19H18F6O6S5. The van der Waals surface area contributed by atoms with Crippen LogP contribution in [-0.4, -0.2) is 60.0 Å². The fourth-order valence-electron chi connectivity index (χ4n) is 2.97. The summed E-state index contributed by atoms with van der Waals surface area (Å²) >= 11 is 1.99. The molecule has 2 aromatic rings. The van der Waals surface area contributed by atoms with E-state index in [0.717, 1.165) is 0 Å². The Labute approximate surface area is 213 Å². The van der Waals surface area contributed by atoms with Crippen molar-refractivity contribution in [3.8, 4) is 0 Å². The summed E-state index contributed by atoms with van der Waals surface area (Å²) in [5.41, 5.74) is -9.81. The van der Waals surface area contributed by atoms with Crippen LogP contribution in [0.4, 0.5) is 26.3 Å². The lowest BCUT2D eigenvalue weighted by Crippen LogP contribution is -2.39. The molecule has 1 aromatic heterocycles. The Bertz CT molecular complexity index is 1230. The molecule has 0 saturated carbocycles. The number of alkyl halides is 6. The number of hydrogen-bond acceptors (Lipinski definition) is 7. The van der Waals surface area contributed by atoms with Gasteiger partial charge in [-0.3, -0.25) is 0 Å². The summed E-state index contributed by atoms with van der Waals surface area (Å²) in [6, 6.07) is 15.8. The number of aryl methyl sites for hydroxylation is 1. The van der Waals surface area contributed by atoms with Crippen molar-refractivity contribution in [1.82, 2.24) is 0 Å². The van der Waals surface area contributed by atoms with E-state index in [1.165, 1.54) is 33.5 Å². The molecule has 3 aliphatic heterocycles. The highest BCUT2D eigenvalue weighted by molar-refractivity contribution is 8.17. The van der Waals surface area contributed by atoms with E-state index in [2.05, 4.69) is 49.4 Å². The summed E-state index contributed by atoms with van der Waals surface area (Å²) in [7, 11) is -11.2. The van der Waals surface area contributed by atoms with Gasteiger partial charge in [0, 0.05) is 32.2 Å². The van der Waals surface area contributed by atoms with Gasteiger partial charge in [0.05, 0.1) is 4.88 Å². The predicted molar refractivity (Wildman–Crippen MR) is 128 cm³/mol. The Kier molecular flexibility index (Phi) is 10.0. The Morgan fingerprint density at radius 2 is 1.11 bits per heavy atom. The summed E-state index contributed by atoms with van der Waals surface area (Å²) in [6.07, 6.45) is 0. The van der Waals surface area contributed by atoms with Crippen LogP contribution >= 0.6 is 11.3 Å². The van der Waals surface area contributed by atoms with E-state index in [1.54, 1.807) is 14.7 Å². The summed E-state index contributed by atoms with van der Waals surface area (Å²) in [5, 5.41) is 0. The number of thiophene rings is 1. The first-order valence-electron chi connectivity index (χ1n) is 9.58. The van der Waals surface area contributed by atoms with Crippen LogP contribution in [0.3, 0.4) is 0 Å². The van der Waals surface area contributed by atoms with Gasteiger partial charge in [-0.05, 0) is 31.2 Å². The minimum absolute atomic E-state index is 0.498. The SMILES string of the molecule is Cc1ccc(C2=C(c3ccccc3)[S+]3CC[S+]2CC3)s1.O=S(=O)([O-])C(F)(F)F.O=S(=O)([O-])C(F)(F)F. The second kappa shape index (κ2) is 11.7. The molecule has 0 N–H and O–H groups in total. The maximum absolute atomic E-state index is 10.7. The molecule has 0 radical (unpaired) electrons. The minimum atomic E-state index is -6.09. The molecule has 1 aromatic carbocycles. The lowest BCUT2D eigenvalue weighted by atomic mass is 10.2. The fraction of sp³-hybridized carbons (Fsp3) is 0.368. The third-order valence-corrected chi connectivity index (χ3v) is 12.2. The third kappa shape index (κ3) is 8.13. The predicted octanol–water partition coefficient (Wildman–Crippen LogP) is 4.25. The van der Waals surface area contributed by atoms with Gasteiger partial charge >= 0.3 is 11.0 Å². The number of halogens is 6. The van der Waals surface area contributed by atoms with Gasteiger partial charge in [-0.1, -0.05) is 18.2 Å². The van der Waals surface area contributed by atoms with Crippen LogP contribution in [0.25, 0.3) is 9.81 Å². The fourth-order valence-corrected chi connectivity index (χ4v) is 11.1. The van der Waals surface area contributed by atoms with E-state index >= 15 is 0 Å². The van der Waals surface area contributed by atoms with Crippen molar-refractivity contribution in [3.05, 3.63) is 57.8 Å². The van der Waals surface area contributed by atoms with Gasteiger partial charge in [0.1, 0.15) is 0 Å². The van der Waals surface area contributed by atoms with E-state index in [4.69, 9.17) is 25.9 Å². The smallest absolute Gasteiger partial charge is 0.485 e. The maximum Gasteiger partial charge on any atom is 0.485 e. The molecule has 3 aliphatic rings. The molecule has 5 rings (SSSR count). The van der Waals surface area contributed by atoms with Crippen molar-refractivity contribution < 1.29 is 52.3 Å². The van der Waals surface area contributed by atoms with E-state index < -0.39 is 31.3 Å². The number of hydrogen-bond donors (Lipinski definition) is 0. The molecule has 6 nitrogen and oxygen atoms in total. The lowest BCUT2D eigenvalue weighted by Gasteiger charge is -2.25. The normalized spacial score (nSPS) is 20.2. The molecule has 202 valence electrons.